The fourth-order valence-corrected chi connectivity index (χ4v) is 2.10. The molecule has 2 aromatic rings. The highest BCUT2D eigenvalue weighted by Gasteiger charge is 2.15. The van der Waals surface area contributed by atoms with Gasteiger partial charge in [-0.2, -0.15) is 0 Å². The van der Waals surface area contributed by atoms with Crippen LogP contribution in [0.25, 0.3) is 0 Å². The summed E-state index contributed by atoms with van der Waals surface area (Å²) in [6.07, 6.45) is -0.664. The van der Waals surface area contributed by atoms with E-state index in [1.54, 1.807) is 49.4 Å². The summed E-state index contributed by atoms with van der Waals surface area (Å²) in [4.78, 5) is 23.4. The van der Waals surface area contributed by atoms with Crippen LogP contribution < -0.4 is 10.1 Å². The van der Waals surface area contributed by atoms with Crippen LogP contribution in [0.1, 0.15) is 29.8 Å². The Kier molecular flexibility index (Phi) is 5.40. The van der Waals surface area contributed by atoms with Gasteiger partial charge < -0.3 is 10.1 Å². The van der Waals surface area contributed by atoms with Gasteiger partial charge >= 0.3 is 0 Å². The summed E-state index contributed by atoms with van der Waals surface area (Å²) < 4.78 is 5.62. The van der Waals surface area contributed by atoms with E-state index in [1.807, 2.05) is 6.92 Å². The number of ketones is 1. The molecule has 0 aliphatic rings. The normalized spacial score (nSPS) is 11.7. The highest BCUT2D eigenvalue weighted by Crippen LogP contribution is 2.22. The van der Waals surface area contributed by atoms with Gasteiger partial charge in [-0.3, -0.25) is 9.59 Å². The van der Waals surface area contributed by atoms with Crippen LogP contribution in [0.2, 0.25) is 5.02 Å². The first-order valence-electron chi connectivity index (χ1n) is 7.21. The molecule has 2 rings (SSSR count). The molecule has 2 aromatic carbocycles. The number of nitrogens with one attached hydrogen (secondary N) is 1. The number of benzene rings is 2. The summed E-state index contributed by atoms with van der Waals surface area (Å²) in [6, 6.07) is 12.0. The standard InChI is InChI=1S/C18H18ClNO3/c1-11-10-16(8-9-17(11)19)23-13(3)18(22)20-15-6-4-14(5-7-15)12(2)21/h4-10,13H,1-3H3,(H,20,22)/t13-/m1/s1. The van der Waals surface area contributed by atoms with Crippen LogP contribution in [0.5, 0.6) is 5.75 Å². The smallest absolute Gasteiger partial charge is 0.265 e. The van der Waals surface area contributed by atoms with Gasteiger partial charge in [-0.15, -0.1) is 0 Å². The maximum absolute atomic E-state index is 12.2. The molecule has 23 heavy (non-hydrogen) atoms. The minimum atomic E-state index is -0.664. The molecule has 0 saturated carbocycles. The van der Waals surface area contributed by atoms with E-state index in [2.05, 4.69) is 5.32 Å². The lowest BCUT2D eigenvalue weighted by molar-refractivity contribution is -0.122. The molecule has 0 spiro atoms. The largest absolute Gasteiger partial charge is 0.481 e. The number of ether oxygens (including phenoxy) is 1. The van der Waals surface area contributed by atoms with E-state index >= 15 is 0 Å². The van der Waals surface area contributed by atoms with Gasteiger partial charge in [0.25, 0.3) is 5.91 Å². The molecule has 0 fully saturated rings. The van der Waals surface area contributed by atoms with E-state index in [1.165, 1.54) is 6.92 Å². The Balaban J connectivity index is 1.99. The Hall–Kier alpha value is -2.33. The van der Waals surface area contributed by atoms with Crippen LogP contribution in [0.4, 0.5) is 5.69 Å². The first kappa shape index (κ1) is 17.0. The van der Waals surface area contributed by atoms with Gasteiger partial charge in [0.15, 0.2) is 11.9 Å². The summed E-state index contributed by atoms with van der Waals surface area (Å²) in [5.41, 5.74) is 2.10. The topological polar surface area (TPSA) is 55.4 Å². The van der Waals surface area contributed by atoms with Crippen LogP contribution in [0, 0.1) is 6.92 Å². The minimum Gasteiger partial charge on any atom is -0.481 e. The van der Waals surface area contributed by atoms with Crippen LogP contribution in [-0.2, 0) is 4.79 Å². The van der Waals surface area contributed by atoms with Crippen molar-refractivity contribution in [3.63, 3.8) is 0 Å². The summed E-state index contributed by atoms with van der Waals surface area (Å²) in [5.74, 6) is 0.298. The van der Waals surface area contributed by atoms with Crippen LogP contribution in [0.3, 0.4) is 0 Å². The predicted molar refractivity (Wildman–Crippen MR) is 91.4 cm³/mol. The molecule has 120 valence electrons. The van der Waals surface area contributed by atoms with Crippen molar-refractivity contribution < 1.29 is 14.3 Å². The van der Waals surface area contributed by atoms with Gasteiger partial charge in [0.2, 0.25) is 0 Å². The SMILES string of the molecule is CC(=O)c1ccc(NC(=O)[C@@H](C)Oc2ccc(Cl)c(C)c2)cc1. The molecule has 1 atom stereocenters. The summed E-state index contributed by atoms with van der Waals surface area (Å²) in [7, 11) is 0. The van der Waals surface area contributed by atoms with E-state index in [9.17, 15) is 9.59 Å². The predicted octanol–water partition coefficient (Wildman–Crippen LogP) is 4.26. The lowest BCUT2D eigenvalue weighted by Crippen LogP contribution is -2.30. The number of amides is 1. The zero-order chi connectivity index (χ0) is 17.0. The Morgan fingerprint density at radius 3 is 2.35 bits per heavy atom. The summed E-state index contributed by atoms with van der Waals surface area (Å²) in [5, 5.41) is 3.41. The fraction of sp³-hybridized carbons (Fsp3) is 0.222. The Morgan fingerprint density at radius 1 is 1.13 bits per heavy atom. The average Bonchev–Trinajstić information content (AvgIpc) is 2.51. The molecule has 0 unspecified atom stereocenters. The maximum Gasteiger partial charge on any atom is 0.265 e. The Morgan fingerprint density at radius 2 is 1.78 bits per heavy atom. The Labute approximate surface area is 140 Å². The van der Waals surface area contributed by atoms with E-state index in [4.69, 9.17) is 16.3 Å². The third-order valence-corrected chi connectivity index (χ3v) is 3.79. The summed E-state index contributed by atoms with van der Waals surface area (Å²) >= 11 is 5.96. The van der Waals surface area contributed by atoms with E-state index in [0.717, 1.165) is 5.56 Å². The van der Waals surface area contributed by atoms with Crippen LogP contribution in [-0.4, -0.2) is 17.8 Å². The molecule has 0 heterocycles. The zero-order valence-electron chi connectivity index (χ0n) is 13.2. The monoisotopic (exact) mass is 331 g/mol. The van der Waals surface area contributed by atoms with Gasteiger partial charge in [-0.05, 0) is 68.8 Å². The number of aryl methyl sites for hydroxylation is 1. The van der Waals surface area contributed by atoms with Gasteiger partial charge in [0, 0.05) is 16.3 Å². The third kappa shape index (κ3) is 4.57. The van der Waals surface area contributed by atoms with Gasteiger partial charge in [0.1, 0.15) is 5.75 Å². The number of Topliss-reactive ketones (excluding diaryl/α,β-unsaturated/α-hetero) is 1. The van der Waals surface area contributed by atoms with E-state index < -0.39 is 6.10 Å². The molecule has 0 aliphatic carbocycles. The second-order valence-electron chi connectivity index (χ2n) is 5.29. The lowest BCUT2D eigenvalue weighted by atomic mass is 10.1. The molecule has 0 aliphatic heterocycles. The van der Waals surface area contributed by atoms with Crippen molar-refractivity contribution >= 4 is 29.0 Å². The summed E-state index contributed by atoms with van der Waals surface area (Å²) in [6.45, 7) is 5.04. The van der Waals surface area contributed by atoms with Crippen molar-refractivity contribution in [1.29, 1.82) is 0 Å². The number of anilines is 1. The minimum absolute atomic E-state index is 0.0160. The first-order chi connectivity index (χ1) is 10.9. The Bertz CT molecular complexity index is 726. The highest BCUT2D eigenvalue weighted by atomic mass is 35.5. The quantitative estimate of drug-likeness (QED) is 0.833. The van der Waals surface area contributed by atoms with E-state index in [0.29, 0.717) is 22.0 Å². The van der Waals surface area contributed by atoms with Gasteiger partial charge in [-0.25, -0.2) is 0 Å². The van der Waals surface area contributed by atoms with Crippen LogP contribution >= 0.6 is 11.6 Å². The maximum atomic E-state index is 12.2. The third-order valence-electron chi connectivity index (χ3n) is 3.37. The molecule has 0 aromatic heterocycles. The average molecular weight is 332 g/mol. The van der Waals surface area contributed by atoms with Crippen molar-refractivity contribution in [3.05, 3.63) is 58.6 Å². The molecular formula is C18H18ClNO3. The van der Waals surface area contributed by atoms with Crippen LogP contribution in [0.15, 0.2) is 42.5 Å². The van der Waals surface area contributed by atoms with Gasteiger partial charge in [0.05, 0.1) is 0 Å². The first-order valence-corrected chi connectivity index (χ1v) is 7.59. The molecule has 0 radical (unpaired) electrons. The number of halogens is 1. The van der Waals surface area contributed by atoms with Gasteiger partial charge in [-0.1, -0.05) is 11.6 Å². The number of carbonyl (C=O) groups excluding carboxylic acids is 2. The van der Waals surface area contributed by atoms with Crippen molar-refractivity contribution in [2.24, 2.45) is 0 Å². The number of rotatable bonds is 5. The lowest BCUT2D eigenvalue weighted by Gasteiger charge is -2.15. The number of hydrogen-bond acceptors (Lipinski definition) is 3. The second-order valence-corrected chi connectivity index (χ2v) is 5.70. The molecule has 1 N–H and O–H groups in total. The fourth-order valence-electron chi connectivity index (χ4n) is 1.98. The van der Waals surface area contributed by atoms with Crippen molar-refractivity contribution in [2.45, 2.75) is 26.9 Å². The zero-order valence-corrected chi connectivity index (χ0v) is 14.0. The second kappa shape index (κ2) is 7.29. The molecule has 0 saturated heterocycles. The van der Waals surface area contributed by atoms with Crippen molar-refractivity contribution in [1.82, 2.24) is 0 Å². The van der Waals surface area contributed by atoms with E-state index in [-0.39, 0.29) is 11.7 Å². The molecule has 5 heteroatoms. The van der Waals surface area contributed by atoms with Crippen molar-refractivity contribution in [2.75, 3.05) is 5.32 Å². The van der Waals surface area contributed by atoms with Crippen molar-refractivity contribution in [3.8, 4) is 5.75 Å². The molecular weight excluding hydrogens is 314 g/mol. The number of carbonyl (C=O) groups is 2. The number of hydrogen-bond donors (Lipinski definition) is 1. The molecule has 1 amide bonds. The highest BCUT2D eigenvalue weighted by molar-refractivity contribution is 6.31. The molecule has 0 bridgehead atoms. The molecule has 4 nitrogen and oxygen atoms in total.